The molecule has 0 bridgehead atoms. The van der Waals surface area contributed by atoms with E-state index in [4.69, 9.17) is 14.2 Å². The van der Waals surface area contributed by atoms with Gasteiger partial charge in [-0.15, -0.1) is 0 Å². The first-order valence-electron chi connectivity index (χ1n) is 10.1. The fourth-order valence-electron chi connectivity index (χ4n) is 3.54. The fourth-order valence-corrected chi connectivity index (χ4v) is 3.54. The summed E-state index contributed by atoms with van der Waals surface area (Å²) in [5, 5.41) is 10.3. The van der Waals surface area contributed by atoms with Gasteiger partial charge < -0.3 is 24.2 Å². The Hall–Kier alpha value is -2.77. The Kier molecular flexibility index (Phi) is 7.54. The van der Waals surface area contributed by atoms with Crippen molar-refractivity contribution in [3.05, 3.63) is 53.6 Å². The molecule has 1 N–H and O–H groups in total. The van der Waals surface area contributed by atoms with Gasteiger partial charge in [0.25, 0.3) is 5.91 Å². The number of nitrogens with zero attached hydrogens (tertiary/aromatic N) is 2. The lowest BCUT2D eigenvalue weighted by Crippen LogP contribution is -2.51. The smallest absolute Gasteiger partial charge is 0.254 e. The number of piperazine rings is 1. The van der Waals surface area contributed by atoms with Gasteiger partial charge in [-0.2, -0.15) is 0 Å². The van der Waals surface area contributed by atoms with Crippen LogP contribution in [0.5, 0.6) is 17.2 Å². The molecule has 3 rings (SSSR count). The summed E-state index contributed by atoms with van der Waals surface area (Å²) in [6, 6.07) is 13.0. The zero-order chi connectivity index (χ0) is 21.5. The molecule has 1 fully saturated rings. The number of para-hydroxylation sites is 1. The molecule has 1 heterocycles. The fraction of sp³-hybridized carbons (Fsp3) is 0.435. The highest BCUT2D eigenvalue weighted by molar-refractivity contribution is 5.95. The van der Waals surface area contributed by atoms with Crippen LogP contribution in [0, 0.1) is 6.92 Å². The Labute approximate surface area is 177 Å². The normalized spacial score (nSPS) is 15.5. The second-order valence-corrected chi connectivity index (χ2v) is 7.39. The van der Waals surface area contributed by atoms with Gasteiger partial charge in [0, 0.05) is 38.3 Å². The predicted molar refractivity (Wildman–Crippen MR) is 115 cm³/mol. The molecule has 0 aromatic heterocycles. The number of rotatable bonds is 8. The van der Waals surface area contributed by atoms with Crippen molar-refractivity contribution in [1.29, 1.82) is 0 Å². The third kappa shape index (κ3) is 5.43. The van der Waals surface area contributed by atoms with Gasteiger partial charge in [0.05, 0.1) is 14.2 Å². The van der Waals surface area contributed by atoms with E-state index < -0.39 is 6.10 Å². The molecule has 0 saturated carbocycles. The largest absolute Gasteiger partial charge is 0.493 e. The minimum atomic E-state index is -0.585. The van der Waals surface area contributed by atoms with Crippen LogP contribution in [-0.2, 0) is 0 Å². The summed E-state index contributed by atoms with van der Waals surface area (Å²) in [4.78, 5) is 16.8. The highest BCUT2D eigenvalue weighted by Gasteiger charge is 2.24. The first-order chi connectivity index (χ1) is 14.5. The lowest BCUT2D eigenvalue weighted by atomic mass is 10.1. The number of β-amino-alcohol motifs (C(OH)–C–C–N with tert-alkyl or cyclic N) is 1. The first-order valence-corrected chi connectivity index (χ1v) is 10.1. The van der Waals surface area contributed by atoms with E-state index in [1.165, 1.54) is 0 Å². The highest BCUT2D eigenvalue weighted by Crippen LogP contribution is 2.28. The van der Waals surface area contributed by atoms with Crippen LogP contribution in [0.25, 0.3) is 0 Å². The number of carbonyl (C=O) groups is 1. The molecule has 162 valence electrons. The Balaban J connectivity index is 1.47. The van der Waals surface area contributed by atoms with Gasteiger partial charge >= 0.3 is 0 Å². The number of aliphatic hydroxyl groups excluding tert-OH is 1. The molecule has 0 spiro atoms. The van der Waals surface area contributed by atoms with E-state index in [9.17, 15) is 9.90 Å². The number of benzene rings is 2. The number of ether oxygens (including phenoxy) is 3. The standard InChI is InChI=1S/C23H30N2O5/c1-17-6-4-5-7-20(17)30-16-19(26)15-24-10-12-25(13-11-24)23(27)18-8-9-21(28-2)22(14-18)29-3/h4-9,14,19,26H,10-13,15-16H2,1-3H3. The molecule has 2 aromatic carbocycles. The van der Waals surface area contributed by atoms with Crippen molar-refractivity contribution >= 4 is 5.91 Å². The minimum Gasteiger partial charge on any atom is -0.493 e. The molecule has 1 amide bonds. The molecule has 1 atom stereocenters. The Morgan fingerprint density at radius 2 is 1.70 bits per heavy atom. The summed E-state index contributed by atoms with van der Waals surface area (Å²) >= 11 is 0. The van der Waals surface area contributed by atoms with Gasteiger partial charge in [-0.25, -0.2) is 0 Å². The molecule has 7 nitrogen and oxygen atoms in total. The summed E-state index contributed by atoms with van der Waals surface area (Å²) in [5.74, 6) is 1.90. The van der Waals surface area contributed by atoms with Gasteiger partial charge in [0.1, 0.15) is 18.5 Å². The summed E-state index contributed by atoms with van der Waals surface area (Å²) in [6.07, 6.45) is -0.585. The van der Waals surface area contributed by atoms with Crippen LogP contribution in [0.15, 0.2) is 42.5 Å². The topological polar surface area (TPSA) is 71.5 Å². The number of methoxy groups -OCH3 is 2. The monoisotopic (exact) mass is 414 g/mol. The van der Waals surface area contributed by atoms with Gasteiger partial charge in [-0.05, 0) is 36.8 Å². The highest BCUT2D eigenvalue weighted by atomic mass is 16.5. The molecular weight excluding hydrogens is 384 g/mol. The maximum Gasteiger partial charge on any atom is 0.254 e. The average Bonchev–Trinajstić information content (AvgIpc) is 2.78. The van der Waals surface area contributed by atoms with E-state index in [-0.39, 0.29) is 12.5 Å². The molecule has 1 unspecified atom stereocenters. The van der Waals surface area contributed by atoms with Crippen LogP contribution in [0.4, 0.5) is 0 Å². The average molecular weight is 415 g/mol. The van der Waals surface area contributed by atoms with Gasteiger partial charge in [-0.3, -0.25) is 9.69 Å². The summed E-state index contributed by atoms with van der Waals surface area (Å²) < 4.78 is 16.3. The molecule has 30 heavy (non-hydrogen) atoms. The van der Waals surface area contributed by atoms with E-state index in [0.29, 0.717) is 49.8 Å². The molecule has 0 aliphatic carbocycles. The summed E-state index contributed by atoms with van der Waals surface area (Å²) in [6.45, 7) is 5.38. The molecule has 1 aliphatic heterocycles. The lowest BCUT2D eigenvalue weighted by molar-refractivity contribution is 0.0402. The quantitative estimate of drug-likeness (QED) is 0.714. The second kappa shape index (κ2) is 10.3. The van der Waals surface area contributed by atoms with Crippen LogP contribution in [0.1, 0.15) is 15.9 Å². The molecule has 0 radical (unpaired) electrons. The van der Waals surface area contributed by atoms with E-state index >= 15 is 0 Å². The van der Waals surface area contributed by atoms with Crippen molar-refractivity contribution in [2.75, 3.05) is 53.6 Å². The minimum absolute atomic E-state index is 0.0287. The van der Waals surface area contributed by atoms with E-state index in [1.807, 2.05) is 36.1 Å². The molecule has 2 aromatic rings. The van der Waals surface area contributed by atoms with E-state index in [0.717, 1.165) is 11.3 Å². The van der Waals surface area contributed by atoms with Crippen molar-refractivity contribution in [2.45, 2.75) is 13.0 Å². The Morgan fingerprint density at radius 1 is 1.00 bits per heavy atom. The van der Waals surface area contributed by atoms with Gasteiger partial charge in [0.2, 0.25) is 0 Å². The maximum absolute atomic E-state index is 12.8. The molecule has 1 aliphatic rings. The molecular formula is C23H30N2O5. The summed E-state index contributed by atoms with van der Waals surface area (Å²) in [7, 11) is 3.12. The van der Waals surface area contributed by atoms with Crippen molar-refractivity contribution < 1.29 is 24.1 Å². The number of hydrogen-bond donors (Lipinski definition) is 1. The van der Waals surface area contributed by atoms with Crippen molar-refractivity contribution in [3.63, 3.8) is 0 Å². The number of carbonyl (C=O) groups excluding carboxylic acids is 1. The first kappa shape index (κ1) is 21.9. The van der Waals surface area contributed by atoms with Crippen molar-refractivity contribution in [3.8, 4) is 17.2 Å². The second-order valence-electron chi connectivity index (χ2n) is 7.39. The van der Waals surface area contributed by atoms with Gasteiger partial charge in [0.15, 0.2) is 11.5 Å². The zero-order valence-corrected chi connectivity index (χ0v) is 17.8. The van der Waals surface area contributed by atoms with Crippen LogP contribution >= 0.6 is 0 Å². The number of hydrogen-bond acceptors (Lipinski definition) is 6. The van der Waals surface area contributed by atoms with Crippen molar-refractivity contribution in [2.24, 2.45) is 0 Å². The Morgan fingerprint density at radius 3 is 2.37 bits per heavy atom. The third-order valence-electron chi connectivity index (χ3n) is 5.28. The number of aliphatic hydroxyl groups is 1. The molecule has 1 saturated heterocycles. The van der Waals surface area contributed by atoms with Gasteiger partial charge in [-0.1, -0.05) is 18.2 Å². The van der Waals surface area contributed by atoms with Crippen LogP contribution in [-0.4, -0.2) is 80.5 Å². The number of amides is 1. The van der Waals surface area contributed by atoms with Crippen LogP contribution in [0.3, 0.4) is 0 Å². The number of aryl methyl sites for hydroxylation is 1. The summed E-state index contributed by atoms with van der Waals surface area (Å²) in [5.41, 5.74) is 1.62. The maximum atomic E-state index is 12.8. The SMILES string of the molecule is COc1ccc(C(=O)N2CCN(CC(O)COc3ccccc3C)CC2)cc1OC. The Bertz CT molecular complexity index is 849. The predicted octanol–water partition coefficient (Wildman–Crippen LogP) is 2.21. The van der Waals surface area contributed by atoms with Crippen LogP contribution < -0.4 is 14.2 Å². The van der Waals surface area contributed by atoms with E-state index in [1.54, 1.807) is 32.4 Å². The molecule has 7 heteroatoms. The lowest BCUT2D eigenvalue weighted by Gasteiger charge is -2.35. The van der Waals surface area contributed by atoms with E-state index in [2.05, 4.69) is 4.90 Å². The van der Waals surface area contributed by atoms with Crippen LogP contribution in [0.2, 0.25) is 0 Å². The van der Waals surface area contributed by atoms with Crippen molar-refractivity contribution in [1.82, 2.24) is 9.80 Å². The third-order valence-corrected chi connectivity index (χ3v) is 5.28. The zero-order valence-electron chi connectivity index (χ0n) is 17.8.